The number of nitrogens with one attached hydrogen (secondary N) is 3. The highest BCUT2D eigenvalue weighted by molar-refractivity contribution is 5.91. The summed E-state index contributed by atoms with van der Waals surface area (Å²) in [6.45, 7) is 5.66. The first-order chi connectivity index (χ1) is 7.86. The summed E-state index contributed by atoms with van der Waals surface area (Å²) >= 11 is 0. The van der Waals surface area contributed by atoms with E-state index in [0.29, 0.717) is 12.2 Å². The molecule has 0 radical (unpaired) electrons. The Bertz CT molecular complexity index is 319. The zero-order valence-corrected chi connectivity index (χ0v) is 9.07. The molecule has 3 N–H and O–H groups in total. The van der Waals surface area contributed by atoms with Crippen LogP contribution in [0.4, 0.5) is 0 Å². The Morgan fingerprint density at radius 1 is 1.50 bits per heavy atom. The lowest BCUT2D eigenvalue weighted by Crippen LogP contribution is -2.46. The molecule has 0 saturated carbocycles. The molecule has 1 aliphatic rings. The molecular weight excluding hydrogens is 208 g/mol. The molecule has 1 amide bonds. The second-order valence-electron chi connectivity index (χ2n) is 3.70. The molecule has 1 aromatic heterocycles. The van der Waals surface area contributed by atoms with Crippen LogP contribution in [0, 0.1) is 0 Å². The van der Waals surface area contributed by atoms with Gasteiger partial charge in [-0.2, -0.15) is 15.4 Å². The smallest absolute Gasteiger partial charge is 0.273 e. The molecule has 1 saturated heterocycles. The van der Waals surface area contributed by atoms with E-state index in [1.807, 2.05) is 0 Å². The van der Waals surface area contributed by atoms with Crippen molar-refractivity contribution in [2.45, 2.75) is 0 Å². The second-order valence-corrected chi connectivity index (χ2v) is 3.70. The van der Waals surface area contributed by atoms with Crippen molar-refractivity contribution in [2.24, 2.45) is 0 Å². The number of nitrogens with zero attached hydrogens (tertiary/aromatic N) is 3. The van der Waals surface area contributed by atoms with Crippen LogP contribution in [0.5, 0.6) is 0 Å². The number of amides is 1. The van der Waals surface area contributed by atoms with Gasteiger partial charge in [-0.1, -0.05) is 0 Å². The Balaban J connectivity index is 1.66. The molecule has 2 heterocycles. The van der Waals surface area contributed by atoms with Crippen LogP contribution in [-0.4, -0.2) is 65.5 Å². The highest BCUT2D eigenvalue weighted by Gasteiger charge is 2.11. The lowest BCUT2D eigenvalue weighted by atomic mass is 10.3. The van der Waals surface area contributed by atoms with Crippen LogP contribution in [0.1, 0.15) is 10.5 Å². The molecular formula is C9H16N6O. The summed E-state index contributed by atoms with van der Waals surface area (Å²) in [4.78, 5) is 13.8. The molecule has 0 aliphatic carbocycles. The summed E-state index contributed by atoms with van der Waals surface area (Å²) in [5.41, 5.74) is 0.334. The van der Waals surface area contributed by atoms with Crippen LogP contribution in [0.15, 0.2) is 6.20 Å². The normalized spacial score (nSPS) is 17.2. The number of rotatable bonds is 4. The van der Waals surface area contributed by atoms with Gasteiger partial charge in [-0.05, 0) is 0 Å². The number of aromatic nitrogens is 3. The Morgan fingerprint density at radius 2 is 2.31 bits per heavy atom. The van der Waals surface area contributed by atoms with Gasteiger partial charge in [0.05, 0.1) is 6.20 Å². The predicted molar refractivity (Wildman–Crippen MR) is 58.0 cm³/mol. The van der Waals surface area contributed by atoms with E-state index in [0.717, 1.165) is 32.7 Å². The van der Waals surface area contributed by atoms with Gasteiger partial charge in [0.15, 0.2) is 5.69 Å². The van der Waals surface area contributed by atoms with Crippen LogP contribution in [-0.2, 0) is 0 Å². The Morgan fingerprint density at radius 3 is 3.00 bits per heavy atom. The number of carbonyl (C=O) groups excluding carboxylic acids is 1. The summed E-state index contributed by atoms with van der Waals surface area (Å²) in [6, 6.07) is 0. The monoisotopic (exact) mass is 224 g/mol. The van der Waals surface area contributed by atoms with E-state index in [-0.39, 0.29) is 5.91 Å². The summed E-state index contributed by atoms with van der Waals surface area (Å²) in [5, 5.41) is 15.8. The van der Waals surface area contributed by atoms with Crippen molar-refractivity contribution in [3.8, 4) is 0 Å². The average molecular weight is 224 g/mol. The lowest BCUT2D eigenvalue weighted by molar-refractivity contribution is 0.0942. The van der Waals surface area contributed by atoms with Crippen LogP contribution in [0.2, 0.25) is 0 Å². The van der Waals surface area contributed by atoms with Crippen molar-refractivity contribution in [2.75, 3.05) is 39.3 Å². The van der Waals surface area contributed by atoms with Crippen molar-refractivity contribution < 1.29 is 4.79 Å². The molecule has 1 fully saturated rings. The first-order valence-corrected chi connectivity index (χ1v) is 5.43. The van der Waals surface area contributed by atoms with Crippen LogP contribution in [0.25, 0.3) is 0 Å². The van der Waals surface area contributed by atoms with E-state index in [1.54, 1.807) is 0 Å². The quantitative estimate of drug-likeness (QED) is 0.576. The fourth-order valence-electron chi connectivity index (χ4n) is 1.66. The Kier molecular flexibility index (Phi) is 3.84. The van der Waals surface area contributed by atoms with Crippen molar-refractivity contribution in [1.29, 1.82) is 0 Å². The maximum atomic E-state index is 11.5. The van der Waals surface area contributed by atoms with Crippen molar-refractivity contribution in [3.63, 3.8) is 0 Å². The Labute approximate surface area is 93.6 Å². The number of carbonyl (C=O) groups is 1. The highest BCUT2D eigenvalue weighted by atomic mass is 16.1. The minimum Gasteiger partial charge on any atom is -0.349 e. The van der Waals surface area contributed by atoms with E-state index in [2.05, 4.69) is 30.9 Å². The molecule has 0 bridgehead atoms. The van der Waals surface area contributed by atoms with Gasteiger partial charge in [-0.3, -0.25) is 9.69 Å². The van der Waals surface area contributed by atoms with Gasteiger partial charge in [0, 0.05) is 39.3 Å². The van der Waals surface area contributed by atoms with Crippen molar-refractivity contribution in [1.82, 2.24) is 30.9 Å². The summed E-state index contributed by atoms with van der Waals surface area (Å²) in [5.74, 6) is -0.177. The third-order valence-electron chi connectivity index (χ3n) is 2.57. The van der Waals surface area contributed by atoms with Gasteiger partial charge in [0.1, 0.15) is 0 Å². The topological polar surface area (TPSA) is 85.9 Å². The average Bonchev–Trinajstić information content (AvgIpc) is 2.84. The SMILES string of the molecule is O=C(NCCN1CCNCC1)c1cn[nH]n1. The first-order valence-electron chi connectivity index (χ1n) is 5.43. The molecule has 0 aromatic carbocycles. The molecule has 0 atom stereocenters. The standard InChI is InChI=1S/C9H16N6O/c16-9(8-7-12-14-13-8)11-3-6-15-4-1-10-2-5-15/h7,10H,1-6H2,(H,11,16)(H,12,13,14). The van der Waals surface area contributed by atoms with Gasteiger partial charge in [-0.15, -0.1) is 0 Å². The minimum absolute atomic E-state index is 0.177. The summed E-state index contributed by atoms with van der Waals surface area (Å²) < 4.78 is 0. The fourth-order valence-corrected chi connectivity index (χ4v) is 1.66. The molecule has 1 aromatic rings. The van der Waals surface area contributed by atoms with E-state index in [4.69, 9.17) is 0 Å². The molecule has 7 heteroatoms. The zero-order valence-electron chi connectivity index (χ0n) is 9.07. The molecule has 88 valence electrons. The summed E-state index contributed by atoms with van der Waals surface area (Å²) in [6.07, 6.45) is 1.42. The number of hydrogen-bond acceptors (Lipinski definition) is 5. The maximum Gasteiger partial charge on any atom is 0.273 e. The van der Waals surface area contributed by atoms with Crippen LogP contribution in [0.3, 0.4) is 0 Å². The van der Waals surface area contributed by atoms with E-state index in [9.17, 15) is 4.79 Å². The van der Waals surface area contributed by atoms with Gasteiger partial charge >= 0.3 is 0 Å². The van der Waals surface area contributed by atoms with E-state index >= 15 is 0 Å². The lowest BCUT2D eigenvalue weighted by Gasteiger charge is -2.26. The molecule has 0 unspecified atom stereocenters. The zero-order chi connectivity index (χ0) is 11.2. The van der Waals surface area contributed by atoms with Crippen molar-refractivity contribution >= 4 is 5.91 Å². The van der Waals surface area contributed by atoms with Crippen LogP contribution >= 0.6 is 0 Å². The van der Waals surface area contributed by atoms with Gasteiger partial charge in [0.2, 0.25) is 0 Å². The number of piperazine rings is 1. The highest BCUT2D eigenvalue weighted by Crippen LogP contribution is 1.91. The largest absolute Gasteiger partial charge is 0.349 e. The number of hydrogen-bond donors (Lipinski definition) is 3. The Hall–Kier alpha value is -1.47. The van der Waals surface area contributed by atoms with Crippen molar-refractivity contribution in [3.05, 3.63) is 11.9 Å². The molecule has 16 heavy (non-hydrogen) atoms. The van der Waals surface area contributed by atoms with Gasteiger partial charge < -0.3 is 10.6 Å². The molecule has 7 nitrogen and oxygen atoms in total. The molecule has 2 rings (SSSR count). The second kappa shape index (κ2) is 5.57. The predicted octanol–water partition coefficient (Wildman–Crippen LogP) is -1.56. The van der Waals surface area contributed by atoms with E-state index < -0.39 is 0 Å². The van der Waals surface area contributed by atoms with Crippen LogP contribution < -0.4 is 10.6 Å². The molecule has 0 spiro atoms. The third-order valence-corrected chi connectivity index (χ3v) is 2.57. The van der Waals surface area contributed by atoms with E-state index in [1.165, 1.54) is 6.20 Å². The fraction of sp³-hybridized carbons (Fsp3) is 0.667. The molecule has 1 aliphatic heterocycles. The maximum absolute atomic E-state index is 11.5. The first kappa shape index (κ1) is 11.0. The summed E-state index contributed by atoms with van der Waals surface area (Å²) in [7, 11) is 0. The minimum atomic E-state index is -0.177. The number of H-pyrrole nitrogens is 1. The number of aromatic amines is 1. The third kappa shape index (κ3) is 3.01. The van der Waals surface area contributed by atoms with Gasteiger partial charge in [0.25, 0.3) is 5.91 Å². The van der Waals surface area contributed by atoms with Gasteiger partial charge in [-0.25, -0.2) is 0 Å².